The van der Waals surface area contributed by atoms with Gasteiger partial charge in [0.2, 0.25) is 5.89 Å². The van der Waals surface area contributed by atoms with Gasteiger partial charge in [0.1, 0.15) is 17.7 Å². The number of aromatic nitrogens is 2. The normalized spacial score (nSPS) is 11.3. The maximum absolute atomic E-state index is 12.6. The monoisotopic (exact) mass is 532 g/mol. The van der Waals surface area contributed by atoms with Crippen molar-refractivity contribution in [2.45, 2.75) is 26.4 Å². The summed E-state index contributed by atoms with van der Waals surface area (Å²) in [5.41, 5.74) is 3.15. The van der Waals surface area contributed by atoms with Crippen molar-refractivity contribution in [2.24, 2.45) is 0 Å². The highest BCUT2D eigenvalue weighted by atomic mass is 19.4. The number of hydrogen-bond donors (Lipinski definition) is 2. The number of halogens is 3. The number of carboxylic acids is 1. The molecule has 0 fully saturated rings. The number of nitrogens with one attached hydrogen (secondary N) is 1. The minimum Gasteiger partial charge on any atom is -0.475 e. The Balaban J connectivity index is 0.000000505. The minimum absolute atomic E-state index is 0.112. The molecular formula is C26H27F3N4O5. The van der Waals surface area contributed by atoms with Crippen molar-refractivity contribution < 1.29 is 36.8 Å². The summed E-state index contributed by atoms with van der Waals surface area (Å²) in [5.74, 6) is -2.36. The maximum Gasteiger partial charge on any atom is 0.490 e. The summed E-state index contributed by atoms with van der Waals surface area (Å²) in [4.78, 5) is 28.4. The second-order valence-electron chi connectivity index (χ2n) is 8.09. The van der Waals surface area contributed by atoms with Crippen LogP contribution in [0.1, 0.15) is 30.6 Å². The summed E-state index contributed by atoms with van der Waals surface area (Å²) in [7, 11) is 0. The van der Waals surface area contributed by atoms with E-state index >= 15 is 0 Å². The summed E-state index contributed by atoms with van der Waals surface area (Å²) in [6.45, 7) is 7.93. The van der Waals surface area contributed by atoms with Crippen LogP contribution in [0.3, 0.4) is 0 Å². The second kappa shape index (κ2) is 12.9. The fourth-order valence-corrected chi connectivity index (χ4v) is 3.51. The van der Waals surface area contributed by atoms with Gasteiger partial charge >= 0.3 is 12.1 Å². The third-order valence-corrected chi connectivity index (χ3v) is 5.57. The number of aliphatic carboxylic acids is 1. The lowest BCUT2D eigenvalue weighted by molar-refractivity contribution is -0.192. The molecule has 0 aliphatic carbocycles. The van der Waals surface area contributed by atoms with Crippen LogP contribution in [0.2, 0.25) is 0 Å². The lowest BCUT2D eigenvalue weighted by Crippen LogP contribution is -2.29. The van der Waals surface area contributed by atoms with Gasteiger partial charge in [0.25, 0.3) is 5.91 Å². The van der Waals surface area contributed by atoms with Gasteiger partial charge in [-0.3, -0.25) is 4.79 Å². The molecule has 2 aromatic heterocycles. The standard InChI is InChI=1S/C24H26N4O3.C2HF3O2/c1-3-28(4-2)14-8-13-25-23(29)18-11-12-21-19(15-18)22(27-31-21)20-16-30-24(26-20)17-9-6-5-7-10-17;3-2(4,5)1(6)7/h5-7,9-12,15-16H,3-4,8,13-14H2,1-2H3,(H,25,29);(H,6,7). The van der Waals surface area contributed by atoms with Gasteiger partial charge in [0.15, 0.2) is 5.58 Å². The number of carbonyl (C=O) groups excluding carboxylic acids is 1. The summed E-state index contributed by atoms with van der Waals surface area (Å²) >= 11 is 0. The highest BCUT2D eigenvalue weighted by molar-refractivity contribution is 6.00. The van der Waals surface area contributed by atoms with Crippen LogP contribution in [0, 0.1) is 0 Å². The predicted octanol–water partition coefficient (Wildman–Crippen LogP) is 5.24. The van der Waals surface area contributed by atoms with E-state index in [1.807, 2.05) is 30.3 Å². The summed E-state index contributed by atoms with van der Waals surface area (Å²) < 4.78 is 42.8. The van der Waals surface area contributed by atoms with Crippen LogP contribution in [-0.2, 0) is 4.79 Å². The van der Waals surface area contributed by atoms with Crippen LogP contribution in [0.4, 0.5) is 13.2 Å². The van der Waals surface area contributed by atoms with Crippen molar-refractivity contribution in [3.63, 3.8) is 0 Å². The van der Waals surface area contributed by atoms with Crippen molar-refractivity contribution in [1.29, 1.82) is 0 Å². The van der Waals surface area contributed by atoms with E-state index in [1.54, 1.807) is 24.5 Å². The largest absolute Gasteiger partial charge is 0.490 e. The predicted molar refractivity (Wildman–Crippen MR) is 133 cm³/mol. The van der Waals surface area contributed by atoms with Gasteiger partial charge in [-0.25, -0.2) is 9.78 Å². The highest BCUT2D eigenvalue weighted by Crippen LogP contribution is 2.30. The molecule has 202 valence electrons. The first kappa shape index (κ1) is 28.4. The van der Waals surface area contributed by atoms with Crippen molar-refractivity contribution in [1.82, 2.24) is 20.4 Å². The number of nitrogens with zero attached hydrogens (tertiary/aromatic N) is 3. The van der Waals surface area contributed by atoms with Crippen molar-refractivity contribution in [3.05, 3.63) is 60.4 Å². The first-order valence-corrected chi connectivity index (χ1v) is 11.8. The number of carboxylic acid groups (broad SMARTS) is 1. The minimum atomic E-state index is -5.08. The van der Waals surface area contributed by atoms with E-state index in [-0.39, 0.29) is 5.91 Å². The summed E-state index contributed by atoms with van der Waals surface area (Å²) in [6, 6.07) is 14.9. The Morgan fingerprint density at radius 2 is 1.76 bits per heavy atom. The molecular weight excluding hydrogens is 505 g/mol. The fourth-order valence-electron chi connectivity index (χ4n) is 3.51. The molecule has 9 nitrogen and oxygen atoms in total. The molecule has 12 heteroatoms. The topological polar surface area (TPSA) is 122 Å². The molecule has 0 atom stereocenters. The van der Waals surface area contributed by atoms with Crippen LogP contribution in [0.5, 0.6) is 0 Å². The molecule has 4 aromatic rings. The zero-order valence-corrected chi connectivity index (χ0v) is 20.8. The lowest BCUT2D eigenvalue weighted by atomic mass is 10.1. The van der Waals surface area contributed by atoms with Crippen molar-refractivity contribution in [2.75, 3.05) is 26.2 Å². The number of rotatable bonds is 9. The SMILES string of the molecule is CCN(CC)CCCNC(=O)c1ccc2onc(-c3coc(-c4ccccc4)n3)c2c1.O=C(O)C(F)(F)F. The molecule has 0 bridgehead atoms. The smallest absolute Gasteiger partial charge is 0.475 e. The van der Waals surface area contributed by atoms with E-state index in [2.05, 4.69) is 34.2 Å². The Hall–Kier alpha value is -4.19. The average Bonchev–Trinajstić information content (AvgIpc) is 3.56. The fraction of sp³-hybridized carbons (Fsp3) is 0.308. The number of oxazole rings is 1. The van der Waals surface area contributed by atoms with Crippen LogP contribution >= 0.6 is 0 Å². The van der Waals surface area contributed by atoms with Gasteiger partial charge in [-0.05, 0) is 56.4 Å². The first-order valence-electron chi connectivity index (χ1n) is 11.8. The van der Waals surface area contributed by atoms with Gasteiger partial charge in [0.05, 0.1) is 5.39 Å². The number of fused-ring (bicyclic) bond motifs is 1. The summed E-state index contributed by atoms with van der Waals surface area (Å²) in [6.07, 6.45) is -2.62. The Kier molecular flexibility index (Phi) is 9.61. The van der Waals surface area contributed by atoms with E-state index < -0.39 is 12.1 Å². The quantitative estimate of drug-likeness (QED) is 0.281. The van der Waals surface area contributed by atoms with Crippen molar-refractivity contribution in [3.8, 4) is 22.8 Å². The molecule has 0 unspecified atom stereocenters. The number of hydrogen-bond acceptors (Lipinski definition) is 7. The first-order chi connectivity index (χ1) is 18.1. The number of amides is 1. The molecule has 0 saturated carbocycles. The Morgan fingerprint density at radius 1 is 1.08 bits per heavy atom. The summed E-state index contributed by atoms with van der Waals surface area (Å²) in [5, 5.41) is 15.0. The van der Waals surface area contributed by atoms with Crippen LogP contribution in [0.15, 0.2) is 63.7 Å². The number of alkyl halides is 3. The van der Waals surface area contributed by atoms with Crippen LogP contribution in [-0.4, -0.2) is 64.4 Å². The van der Waals surface area contributed by atoms with E-state index in [4.69, 9.17) is 18.8 Å². The Morgan fingerprint density at radius 3 is 2.39 bits per heavy atom. The molecule has 2 aromatic carbocycles. The molecule has 1 amide bonds. The van der Waals surface area contributed by atoms with Gasteiger partial charge < -0.3 is 24.3 Å². The zero-order chi connectivity index (χ0) is 27.7. The molecule has 0 saturated heterocycles. The Bertz CT molecular complexity index is 1350. The van der Waals surface area contributed by atoms with Crippen molar-refractivity contribution >= 4 is 22.8 Å². The zero-order valence-electron chi connectivity index (χ0n) is 20.8. The molecule has 0 aliphatic rings. The van der Waals surface area contributed by atoms with Crippen LogP contribution in [0.25, 0.3) is 33.8 Å². The van der Waals surface area contributed by atoms with E-state index in [1.165, 1.54) is 0 Å². The molecule has 38 heavy (non-hydrogen) atoms. The Labute approximate surface area is 216 Å². The number of benzene rings is 2. The average molecular weight is 533 g/mol. The third-order valence-electron chi connectivity index (χ3n) is 5.57. The lowest BCUT2D eigenvalue weighted by Gasteiger charge is -2.17. The molecule has 0 spiro atoms. The number of carbonyl (C=O) groups is 2. The van der Waals surface area contributed by atoms with Gasteiger partial charge in [0, 0.05) is 17.7 Å². The van der Waals surface area contributed by atoms with E-state index in [9.17, 15) is 18.0 Å². The molecule has 2 heterocycles. The molecule has 2 N–H and O–H groups in total. The van der Waals surface area contributed by atoms with Gasteiger partial charge in [-0.1, -0.05) is 37.2 Å². The van der Waals surface area contributed by atoms with E-state index in [0.29, 0.717) is 35.0 Å². The maximum atomic E-state index is 12.6. The van der Waals surface area contributed by atoms with Crippen LogP contribution < -0.4 is 5.32 Å². The highest BCUT2D eigenvalue weighted by Gasteiger charge is 2.38. The van der Waals surface area contributed by atoms with Gasteiger partial charge in [-0.15, -0.1) is 0 Å². The van der Waals surface area contributed by atoms with E-state index in [0.717, 1.165) is 37.0 Å². The second-order valence-corrected chi connectivity index (χ2v) is 8.09. The third kappa shape index (κ3) is 7.42. The molecule has 4 rings (SSSR count). The van der Waals surface area contributed by atoms with Gasteiger partial charge in [-0.2, -0.15) is 13.2 Å². The molecule has 0 aliphatic heterocycles. The molecule has 0 radical (unpaired) electrons.